The molecule has 8 aromatic heterocycles. The maximum absolute atomic E-state index is 13.0. The van der Waals surface area contributed by atoms with E-state index in [0.29, 0.717) is 79.0 Å². The highest BCUT2D eigenvalue weighted by atomic mass is 35.5. The van der Waals surface area contributed by atoms with Gasteiger partial charge in [0.25, 0.3) is 0 Å². The van der Waals surface area contributed by atoms with Gasteiger partial charge in [-0.25, -0.2) is 0 Å². The maximum atomic E-state index is 13.0. The smallest absolute Gasteiger partial charge is 0.222 e. The van der Waals surface area contributed by atoms with Gasteiger partial charge >= 0.3 is 0 Å². The van der Waals surface area contributed by atoms with Crippen LogP contribution in [0.15, 0.2) is 196 Å². The van der Waals surface area contributed by atoms with Gasteiger partial charge in [0.2, 0.25) is 23.6 Å². The predicted molar refractivity (Wildman–Crippen MR) is 542 cm³/mol. The number of hydrogen-bond acceptors (Lipinski definition) is 14. The maximum Gasteiger partial charge on any atom is 0.222 e. The molecule has 1 unspecified atom stereocenters. The lowest BCUT2D eigenvalue weighted by Gasteiger charge is -2.38. The standard InChI is InChI=1S/C28H35ClN4O.C27H34ClN5O.C27H33ClN4O.C26H31ClN4O2/c1-31-15-10-21(11-16-31)3-2-4-28(34)32-17-12-22(13-18-32)26-20-33(24-7-5-23(29)6-8-24)27-19-30-14-9-25(26)27;1-30-15-16-31(2)23(18-30)7-8-27(34)32-13-10-20(11-14-32)25-19-33(22-5-3-21(28)4-6-22)26-17-29-12-9-24(25)26;28-22-6-8-23(9-7-22)32-20-25(24-10-13-29-19-26(24)32)21-11-17-31(18-12-21)27(33)5-4-16-30-14-2-1-3-15-30;27-21-3-5-22(6-4-21)31-19-24(23-7-10-28-18-25(23)31)20-8-12-30(13-9-20)26(32)2-1-11-29-14-16-33-17-15-29/h5-9,14,19-22H,2-4,10-13,15-18H2,1H3;3-6,9,12,17,19-20,23H,7-8,10-11,13-16,18H2,1-2H3;6-10,13,19-21H,1-5,11-12,14-18H2;3-7,10,18-20H,1-2,8-9,11-17H2. The SMILES string of the molecule is CN1CCC(CCCC(=O)N2CCC(c3cn(-c4ccc(Cl)cc4)c4cnccc34)CC2)CC1.CN1CCN(C)C(CCC(=O)N2CCC(c3cn(-c4ccc(Cl)cc4)c4cnccc34)CC2)C1.O=C(CCCN1CCCCC1)N1CCC(c2cn(-c3ccc(Cl)cc3)c3cnccc23)CC1.O=C(CCCN1CCOCC1)N1CCC(c2cn(-c3ccc(Cl)cc3)c3cnccc23)CC1. The Morgan fingerprint density at radius 3 is 0.978 bits per heavy atom. The van der Waals surface area contributed by atoms with Crippen molar-refractivity contribution in [2.75, 3.05) is 159 Å². The van der Waals surface area contributed by atoms with Gasteiger partial charge in [-0.1, -0.05) is 52.8 Å². The number of fused-ring (bicyclic) bond motifs is 4. The minimum absolute atomic E-state index is 0.300. The van der Waals surface area contributed by atoms with Crippen molar-refractivity contribution in [3.8, 4) is 22.7 Å². The van der Waals surface area contributed by atoms with E-state index in [-0.39, 0.29) is 0 Å². The average Bonchev–Trinajstić information content (AvgIpc) is 1.64. The Bertz CT molecular complexity index is 5650. The van der Waals surface area contributed by atoms with Gasteiger partial charge in [0.15, 0.2) is 0 Å². The first kappa shape index (κ1) is 96.1. The Morgan fingerprint density at radius 1 is 0.328 bits per heavy atom. The fourth-order valence-electron chi connectivity index (χ4n) is 21.9. The summed E-state index contributed by atoms with van der Waals surface area (Å²) < 4.78 is 14.2. The number of morpholine rings is 1. The number of aromatic nitrogens is 8. The third-order valence-electron chi connectivity index (χ3n) is 29.9. The highest BCUT2D eigenvalue weighted by Gasteiger charge is 2.34. The van der Waals surface area contributed by atoms with Crippen LogP contribution < -0.4 is 0 Å². The van der Waals surface area contributed by atoms with Gasteiger partial charge in [0.05, 0.1) is 60.1 Å². The first-order chi connectivity index (χ1) is 65.4. The number of amides is 4. The average molecular weight is 1890 g/mol. The molecule has 20 rings (SSSR count). The number of likely N-dealkylation sites (tertiary alicyclic amines) is 6. The molecule has 26 heteroatoms. The number of benzene rings is 4. The van der Waals surface area contributed by atoms with Gasteiger partial charge in [0, 0.05) is 231 Å². The van der Waals surface area contributed by atoms with Crippen molar-refractivity contribution < 1.29 is 23.9 Å². The topological polar surface area (TPSA) is 178 Å². The number of pyridine rings is 4. The summed E-state index contributed by atoms with van der Waals surface area (Å²) >= 11 is 24.4. The Labute approximate surface area is 810 Å². The van der Waals surface area contributed by atoms with Crippen LogP contribution >= 0.6 is 46.4 Å². The summed E-state index contributed by atoms with van der Waals surface area (Å²) in [5.74, 6) is 3.91. The van der Waals surface area contributed by atoms with Gasteiger partial charge in [-0.15, -0.1) is 0 Å². The van der Waals surface area contributed by atoms with E-state index in [1.54, 1.807) is 0 Å². The number of carbonyl (C=O) groups is 4. The monoisotopic (exact) mass is 1890 g/mol. The molecule has 8 aliphatic rings. The van der Waals surface area contributed by atoms with Crippen LogP contribution in [-0.4, -0.2) is 271 Å². The van der Waals surface area contributed by atoms with Crippen LogP contribution in [0, 0.1) is 5.92 Å². The Balaban J connectivity index is 0.000000124. The van der Waals surface area contributed by atoms with Crippen molar-refractivity contribution in [3.05, 3.63) is 238 Å². The van der Waals surface area contributed by atoms with Crippen LogP contribution in [0.2, 0.25) is 20.1 Å². The molecule has 0 radical (unpaired) electrons. The molecule has 0 aliphatic carbocycles. The number of likely N-dealkylation sites (N-methyl/N-ethyl adjacent to an activating group) is 2. The number of hydrogen-bond donors (Lipinski definition) is 0. The lowest BCUT2D eigenvalue weighted by atomic mass is 9.89. The van der Waals surface area contributed by atoms with Crippen molar-refractivity contribution in [1.82, 2.24) is 82.3 Å². The molecule has 0 spiro atoms. The number of piperazine rings is 1. The summed E-state index contributed by atoms with van der Waals surface area (Å²) in [5, 5.41) is 7.95. The van der Waals surface area contributed by atoms with E-state index in [9.17, 15) is 19.2 Å². The van der Waals surface area contributed by atoms with E-state index < -0.39 is 0 Å². The zero-order valence-corrected chi connectivity index (χ0v) is 81.5. The summed E-state index contributed by atoms with van der Waals surface area (Å²) in [6.45, 7) is 20.5. The molecule has 0 bridgehead atoms. The summed E-state index contributed by atoms with van der Waals surface area (Å²) in [7, 11) is 6.56. The molecule has 134 heavy (non-hydrogen) atoms. The second-order valence-electron chi connectivity index (χ2n) is 38.6. The Hall–Kier alpha value is -9.56. The van der Waals surface area contributed by atoms with E-state index in [1.807, 2.05) is 147 Å². The molecule has 22 nitrogen and oxygen atoms in total. The lowest BCUT2D eigenvalue weighted by Crippen LogP contribution is -2.50. The molecule has 4 aromatic carbocycles. The van der Waals surface area contributed by atoms with Crippen molar-refractivity contribution in [3.63, 3.8) is 0 Å². The number of carbonyl (C=O) groups excluding carboxylic acids is 4. The van der Waals surface area contributed by atoms with E-state index in [0.717, 1.165) is 259 Å². The molecule has 1 atom stereocenters. The van der Waals surface area contributed by atoms with Crippen LogP contribution in [0.5, 0.6) is 0 Å². The van der Waals surface area contributed by atoms with Crippen LogP contribution in [0.1, 0.15) is 187 Å². The molecule has 0 N–H and O–H groups in total. The van der Waals surface area contributed by atoms with Crippen molar-refractivity contribution in [2.24, 2.45) is 5.92 Å². The Morgan fingerprint density at radius 2 is 0.642 bits per heavy atom. The van der Waals surface area contributed by atoms with Crippen LogP contribution in [-0.2, 0) is 23.9 Å². The largest absolute Gasteiger partial charge is 0.379 e. The zero-order chi connectivity index (χ0) is 92.4. The predicted octanol–water partition coefficient (Wildman–Crippen LogP) is 20.5. The van der Waals surface area contributed by atoms with Gasteiger partial charge in [0.1, 0.15) is 0 Å². The highest BCUT2D eigenvalue weighted by Crippen LogP contribution is 2.42. The molecule has 8 saturated heterocycles. The molecule has 16 heterocycles. The quantitative estimate of drug-likeness (QED) is 0.0590. The summed E-state index contributed by atoms with van der Waals surface area (Å²) in [5.41, 5.74) is 14.2. The molecule has 4 amide bonds. The number of nitrogens with zero attached hydrogens (tertiary/aromatic N) is 17. The molecule has 0 saturated carbocycles. The second kappa shape index (κ2) is 46.5. The van der Waals surface area contributed by atoms with Crippen LogP contribution in [0.25, 0.3) is 66.4 Å². The zero-order valence-electron chi connectivity index (χ0n) is 78.5. The first-order valence-electron chi connectivity index (χ1n) is 49.5. The van der Waals surface area contributed by atoms with E-state index >= 15 is 0 Å². The van der Waals surface area contributed by atoms with E-state index in [4.69, 9.17) is 51.1 Å². The molecular weight excluding hydrogens is 1760 g/mol. The fraction of sp³-hybridized carbons (Fsp3) is 0.481. The fourth-order valence-corrected chi connectivity index (χ4v) is 22.4. The van der Waals surface area contributed by atoms with Crippen LogP contribution in [0.3, 0.4) is 0 Å². The second-order valence-corrected chi connectivity index (χ2v) is 40.3. The third kappa shape index (κ3) is 24.3. The van der Waals surface area contributed by atoms with Crippen LogP contribution in [0.4, 0.5) is 0 Å². The van der Waals surface area contributed by atoms with Crippen molar-refractivity contribution in [1.29, 1.82) is 0 Å². The summed E-state index contributed by atoms with van der Waals surface area (Å²) in [6, 6.07) is 40.7. The van der Waals surface area contributed by atoms with E-state index in [1.165, 1.54) is 109 Å². The first-order valence-corrected chi connectivity index (χ1v) is 51.0. The van der Waals surface area contributed by atoms with Gasteiger partial charge in [-0.3, -0.25) is 44.0 Å². The molecule has 8 fully saturated rings. The van der Waals surface area contributed by atoms with Crippen molar-refractivity contribution >= 4 is 114 Å². The summed E-state index contributed by atoms with van der Waals surface area (Å²) in [4.78, 5) is 89.3. The number of halogens is 4. The number of rotatable bonds is 23. The number of piperidine rings is 6. The molecule has 708 valence electrons. The number of ether oxygens (including phenoxy) is 1. The van der Waals surface area contributed by atoms with E-state index in [2.05, 4.69) is 152 Å². The van der Waals surface area contributed by atoms with Gasteiger partial charge < -0.3 is 62.2 Å². The summed E-state index contributed by atoms with van der Waals surface area (Å²) in [6.07, 6.45) is 46.7. The highest BCUT2D eigenvalue weighted by molar-refractivity contribution is 6.31. The van der Waals surface area contributed by atoms with Gasteiger partial charge in [-0.2, -0.15) is 0 Å². The Kier molecular flexibility index (Phi) is 33.4. The van der Waals surface area contributed by atoms with Crippen molar-refractivity contribution in [2.45, 2.75) is 171 Å². The molecule has 12 aromatic rings. The third-order valence-corrected chi connectivity index (χ3v) is 30.9. The molecular formula is C108H133Cl4N17O5. The lowest BCUT2D eigenvalue weighted by molar-refractivity contribution is -0.133. The van der Waals surface area contributed by atoms with Gasteiger partial charge in [-0.05, 0) is 343 Å². The normalized spacial score (nSPS) is 18.9. The molecule has 8 aliphatic heterocycles. The minimum Gasteiger partial charge on any atom is -0.379 e. The minimum atomic E-state index is 0.300.